The molecule has 0 aromatic heterocycles. The number of hydrogen-bond acceptors (Lipinski definition) is 4. The van der Waals surface area contributed by atoms with Crippen LogP contribution in [0, 0.1) is 11.3 Å². The molecule has 78 valence electrons. The maximum Gasteiger partial charge on any atom is 0.337 e. The van der Waals surface area contributed by atoms with Gasteiger partial charge in [-0.2, -0.15) is 5.26 Å². The van der Waals surface area contributed by atoms with Gasteiger partial charge in [-0.25, -0.2) is 4.79 Å². The van der Waals surface area contributed by atoms with Crippen molar-refractivity contribution >= 4 is 21.9 Å². The van der Waals surface area contributed by atoms with Crippen LogP contribution in [0.15, 0.2) is 12.1 Å². The quantitative estimate of drug-likeness (QED) is 0.658. The molecular weight excluding hydrogens is 262 g/mol. The molecule has 0 saturated carbocycles. The van der Waals surface area contributed by atoms with Gasteiger partial charge in [0.05, 0.1) is 18.2 Å². The zero-order chi connectivity index (χ0) is 11.4. The monoisotopic (exact) mass is 269 g/mol. The first-order valence-corrected chi connectivity index (χ1v) is 5.16. The zero-order valence-corrected chi connectivity index (χ0v) is 9.54. The van der Waals surface area contributed by atoms with E-state index in [9.17, 15) is 9.90 Å². The van der Waals surface area contributed by atoms with Crippen LogP contribution in [0.3, 0.4) is 0 Å². The first-order chi connectivity index (χ1) is 7.13. The second-order valence-electron chi connectivity index (χ2n) is 2.77. The molecule has 0 amide bonds. The lowest BCUT2D eigenvalue weighted by atomic mass is 10.0. The third-order valence-electron chi connectivity index (χ3n) is 1.88. The molecule has 0 aliphatic carbocycles. The number of esters is 1. The van der Waals surface area contributed by atoms with Crippen molar-refractivity contribution in [1.29, 1.82) is 5.26 Å². The average molecular weight is 270 g/mol. The predicted octanol–water partition coefficient (Wildman–Crippen LogP) is 1.95. The number of carbonyl (C=O) groups is 1. The molecule has 1 rings (SSSR count). The summed E-state index contributed by atoms with van der Waals surface area (Å²) in [5, 5.41) is 18.6. The van der Waals surface area contributed by atoms with Crippen LogP contribution in [0.1, 0.15) is 21.5 Å². The molecule has 5 heteroatoms. The van der Waals surface area contributed by atoms with Crippen LogP contribution >= 0.6 is 15.9 Å². The summed E-state index contributed by atoms with van der Waals surface area (Å²) in [6.07, 6.45) is 0. The van der Waals surface area contributed by atoms with Crippen LogP contribution in [0.4, 0.5) is 0 Å². The molecule has 0 saturated heterocycles. The Bertz CT molecular complexity index is 437. The molecule has 0 unspecified atom stereocenters. The standard InChI is InChI=1S/C10H8BrNO3/c1-15-10(14)6-2-7(4-11)8(5-12)9(13)3-6/h2-3,13H,4H2,1H3. The summed E-state index contributed by atoms with van der Waals surface area (Å²) in [6.45, 7) is 0. The number of methoxy groups -OCH3 is 1. The zero-order valence-electron chi connectivity index (χ0n) is 7.95. The molecule has 0 fully saturated rings. The van der Waals surface area contributed by atoms with E-state index in [1.165, 1.54) is 19.2 Å². The smallest absolute Gasteiger partial charge is 0.337 e. The number of rotatable bonds is 2. The normalized spacial score (nSPS) is 9.40. The molecule has 15 heavy (non-hydrogen) atoms. The number of phenols is 1. The van der Waals surface area contributed by atoms with Gasteiger partial charge in [-0.1, -0.05) is 15.9 Å². The number of aromatic hydroxyl groups is 1. The summed E-state index contributed by atoms with van der Waals surface area (Å²) < 4.78 is 4.52. The number of carbonyl (C=O) groups excluding carboxylic acids is 1. The van der Waals surface area contributed by atoms with E-state index in [2.05, 4.69) is 20.7 Å². The molecule has 0 heterocycles. The van der Waals surface area contributed by atoms with E-state index in [0.717, 1.165) is 0 Å². The summed E-state index contributed by atoms with van der Waals surface area (Å²) in [4.78, 5) is 11.2. The fraction of sp³-hybridized carbons (Fsp3) is 0.200. The Hall–Kier alpha value is -1.54. The minimum atomic E-state index is -0.544. The minimum Gasteiger partial charge on any atom is -0.507 e. The van der Waals surface area contributed by atoms with E-state index < -0.39 is 5.97 Å². The summed E-state index contributed by atoms with van der Waals surface area (Å²) >= 11 is 3.17. The highest BCUT2D eigenvalue weighted by Gasteiger charge is 2.13. The lowest BCUT2D eigenvalue weighted by molar-refractivity contribution is 0.0600. The van der Waals surface area contributed by atoms with Gasteiger partial charge in [-0.3, -0.25) is 0 Å². The lowest BCUT2D eigenvalue weighted by Crippen LogP contribution is -2.02. The van der Waals surface area contributed by atoms with Crippen molar-refractivity contribution in [1.82, 2.24) is 0 Å². The van der Waals surface area contributed by atoms with Gasteiger partial charge in [0.25, 0.3) is 0 Å². The number of halogens is 1. The number of benzene rings is 1. The van der Waals surface area contributed by atoms with E-state index >= 15 is 0 Å². The van der Waals surface area contributed by atoms with Crippen LogP contribution in [-0.4, -0.2) is 18.2 Å². The fourth-order valence-electron chi connectivity index (χ4n) is 1.16. The molecule has 1 aromatic rings. The number of ether oxygens (including phenoxy) is 1. The second-order valence-corrected chi connectivity index (χ2v) is 3.33. The Kier molecular flexibility index (Phi) is 3.69. The van der Waals surface area contributed by atoms with Crippen LogP contribution in [-0.2, 0) is 10.1 Å². The van der Waals surface area contributed by atoms with Gasteiger partial charge >= 0.3 is 5.97 Å². The van der Waals surface area contributed by atoms with E-state index in [0.29, 0.717) is 10.9 Å². The summed E-state index contributed by atoms with van der Waals surface area (Å²) in [7, 11) is 1.26. The number of nitrogens with zero attached hydrogens (tertiary/aromatic N) is 1. The third kappa shape index (κ3) is 2.28. The molecule has 1 aromatic carbocycles. The number of alkyl halides is 1. The van der Waals surface area contributed by atoms with Gasteiger partial charge in [-0.05, 0) is 17.7 Å². The Morgan fingerprint density at radius 1 is 1.67 bits per heavy atom. The van der Waals surface area contributed by atoms with Crippen LogP contribution < -0.4 is 0 Å². The van der Waals surface area contributed by atoms with Gasteiger partial charge in [0, 0.05) is 5.33 Å². The fourth-order valence-corrected chi connectivity index (χ4v) is 1.60. The van der Waals surface area contributed by atoms with Crippen molar-refractivity contribution in [2.24, 2.45) is 0 Å². The van der Waals surface area contributed by atoms with Gasteiger partial charge in [0.1, 0.15) is 11.8 Å². The van der Waals surface area contributed by atoms with Crippen LogP contribution in [0.2, 0.25) is 0 Å². The Morgan fingerprint density at radius 3 is 2.80 bits per heavy atom. The van der Waals surface area contributed by atoms with Gasteiger partial charge < -0.3 is 9.84 Å². The molecule has 0 radical (unpaired) electrons. The minimum absolute atomic E-state index is 0.166. The van der Waals surface area contributed by atoms with Crippen molar-refractivity contribution in [3.05, 3.63) is 28.8 Å². The maximum absolute atomic E-state index is 11.2. The first kappa shape index (κ1) is 11.5. The molecule has 4 nitrogen and oxygen atoms in total. The van der Waals surface area contributed by atoms with E-state index in [1.54, 1.807) is 0 Å². The first-order valence-electron chi connectivity index (χ1n) is 4.04. The van der Waals surface area contributed by atoms with Crippen LogP contribution in [0.5, 0.6) is 5.75 Å². The van der Waals surface area contributed by atoms with Crippen molar-refractivity contribution in [2.75, 3.05) is 7.11 Å². The number of phenolic OH excluding ortho intramolecular Hbond substituents is 1. The Balaban J connectivity index is 3.33. The summed E-state index contributed by atoms with van der Waals surface area (Å²) in [6, 6.07) is 4.60. The van der Waals surface area contributed by atoms with Crippen molar-refractivity contribution in [2.45, 2.75) is 5.33 Å². The average Bonchev–Trinajstić information content (AvgIpc) is 2.26. The van der Waals surface area contributed by atoms with E-state index in [-0.39, 0.29) is 16.9 Å². The van der Waals surface area contributed by atoms with Gasteiger partial charge in [-0.15, -0.1) is 0 Å². The number of nitriles is 1. The molecule has 1 N–H and O–H groups in total. The molecule has 0 aliphatic rings. The maximum atomic E-state index is 11.2. The predicted molar refractivity (Wildman–Crippen MR) is 56.8 cm³/mol. The second kappa shape index (κ2) is 4.80. The van der Waals surface area contributed by atoms with Crippen molar-refractivity contribution < 1.29 is 14.6 Å². The SMILES string of the molecule is COC(=O)c1cc(O)c(C#N)c(CBr)c1. The van der Waals surface area contributed by atoms with Crippen LogP contribution in [0.25, 0.3) is 0 Å². The highest BCUT2D eigenvalue weighted by atomic mass is 79.9. The lowest BCUT2D eigenvalue weighted by Gasteiger charge is -2.05. The van der Waals surface area contributed by atoms with Crippen molar-refractivity contribution in [3.8, 4) is 11.8 Å². The largest absolute Gasteiger partial charge is 0.507 e. The molecule has 0 aliphatic heterocycles. The highest BCUT2D eigenvalue weighted by molar-refractivity contribution is 9.08. The number of hydrogen-bond donors (Lipinski definition) is 1. The van der Waals surface area contributed by atoms with Gasteiger partial charge in [0.2, 0.25) is 0 Å². The molecule has 0 atom stereocenters. The molecular formula is C10H8BrNO3. The van der Waals surface area contributed by atoms with Crippen molar-refractivity contribution in [3.63, 3.8) is 0 Å². The topological polar surface area (TPSA) is 70.3 Å². The Morgan fingerprint density at radius 2 is 2.33 bits per heavy atom. The van der Waals surface area contributed by atoms with E-state index in [1.807, 2.05) is 6.07 Å². The molecule has 0 spiro atoms. The summed E-state index contributed by atoms with van der Waals surface area (Å²) in [5.41, 5.74) is 0.945. The summed E-state index contributed by atoms with van der Waals surface area (Å²) in [5.74, 6) is -0.758. The molecule has 0 bridgehead atoms. The highest BCUT2D eigenvalue weighted by Crippen LogP contribution is 2.25. The van der Waals surface area contributed by atoms with Gasteiger partial charge in [0.15, 0.2) is 0 Å². The third-order valence-corrected chi connectivity index (χ3v) is 2.48. The Labute approximate surface area is 95.2 Å². The van der Waals surface area contributed by atoms with E-state index in [4.69, 9.17) is 5.26 Å².